The fraction of sp³-hybridized carbons (Fsp3) is 1.00. The SMILES string of the molecule is O=S(=O)([O-])CCCCS(=O)(=O)[N-]S(=O)(=O)CCCCS(=O)(=O)[O-].[Li+].[Li+].[Li+]. The molecule has 11 nitrogen and oxygen atoms in total. The smallest absolute Gasteiger partial charge is 0.748 e. The number of nitrogens with zero attached hydrogens (tertiary/aromatic N) is 1. The van der Waals surface area contributed by atoms with Gasteiger partial charge < -0.3 is 13.2 Å². The van der Waals surface area contributed by atoms with Crippen molar-refractivity contribution >= 4 is 40.3 Å². The van der Waals surface area contributed by atoms with Gasteiger partial charge in [-0.3, -0.25) is 0 Å². The van der Waals surface area contributed by atoms with Gasteiger partial charge in [0.1, 0.15) is 0 Å². The summed E-state index contributed by atoms with van der Waals surface area (Å²) in [5, 5.41) is 0. The quantitative estimate of drug-likeness (QED) is 0.161. The molecule has 0 amide bonds. The Labute approximate surface area is 191 Å². The third-order valence-corrected chi connectivity index (χ3v) is 7.32. The van der Waals surface area contributed by atoms with Gasteiger partial charge in [-0.15, -0.1) is 0 Å². The van der Waals surface area contributed by atoms with Crippen molar-refractivity contribution < 1.29 is 99.4 Å². The van der Waals surface area contributed by atoms with E-state index in [1.165, 1.54) is 0 Å². The average Bonchev–Trinajstić information content (AvgIpc) is 2.27. The van der Waals surface area contributed by atoms with Crippen molar-refractivity contribution in [2.45, 2.75) is 25.7 Å². The van der Waals surface area contributed by atoms with Crippen LogP contribution in [0.15, 0.2) is 0 Å². The van der Waals surface area contributed by atoms with E-state index >= 15 is 0 Å². The zero-order chi connectivity index (χ0) is 18.4. The molecule has 26 heavy (non-hydrogen) atoms. The molecule has 0 radical (unpaired) electrons. The largest absolute Gasteiger partial charge is 1.00 e. The number of unbranched alkanes of at least 4 members (excludes halogenated alkanes) is 2. The van der Waals surface area contributed by atoms with Gasteiger partial charge in [0, 0.05) is 23.0 Å². The van der Waals surface area contributed by atoms with E-state index in [4.69, 9.17) is 0 Å². The Kier molecular flexibility index (Phi) is 19.4. The van der Waals surface area contributed by atoms with E-state index in [0.29, 0.717) is 0 Å². The molecule has 0 atom stereocenters. The van der Waals surface area contributed by atoms with E-state index in [-0.39, 0.29) is 82.3 Å². The van der Waals surface area contributed by atoms with Crippen LogP contribution in [0.25, 0.3) is 4.13 Å². The molecule has 0 saturated carbocycles. The molecule has 0 aliphatic rings. The van der Waals surface area contributed by atoms with Crippen molar-refractivity contribution in [3.8, 4) is 0 Å². The predicted molar refractivity (Wildman–Crippen MR) is 78.5 cm³/mol. The monoisotopic (exact) mass is 435 g/mol. The van der Waals surface area contributed by atoms with Crippen LogP contribution >= 0.6 is 0 Å². The molecule has 0 aliphatic carbocycles. The van der Waals surface area contributed by atoms with Crippen LogP contribution in [0.4, 0.5) is 0 Å². The minimum absolute atomic E-state index is 0. The molecule has 0 bridgehead atoms. The predicted octanol–water partition coefficient (Wildman–Crippen LogP) is -10.3. The second kappa shape index (κ2) is 14.5. The van der Waals surface area contributed by atoms with Gasteiger partial charge in [0.15, 0.2) is 0 Å². The van der Waals surface area contributed by atoms with E-state index in [1.807, 2.05) is 0 Å². The van der Waals surface area contributed by atoms with E-state index in [0.717, 1.165) is 0 Å². The van der Waals surface area contributed by atoms with Crippen LogP contribution in [-0.2, 0) is 40.3 Å². The minimum Gasteiger partial charge on any atom is -0.748 e. The first-order valence-electron chi connectivity index (χ1n) is 6.19. The molecule has 0 spiro atoms. The summed E-state index contributed by atoms with van der Waals surface area (Å²) in [6, 6.07) is 0. The van der Waals surface area contributed by atoms with Gasteiger partial charge in [-0.2, -0.15) is 0 Å². The summed E-state index contributed by atoms with van der Waals surface area (Å²) >= 11 is 0. The number of hydrogen-bond donors (Lipinski definition) is 0. The van der Waals surface area contributed by atoms with Crippen LogP contribution < -0.4 is 56.6 Å². The summed E-state index contributed by atoms with van der Waals surface area (Å²) in [6.45, 7) is 0. The summed E-state index contributed by atoms with van der Waals surface area (Å²) in [5.41, 5.74) is 0. The zero-order valence-electron chi connectivity index (χ0n) is 14.8. The molecule has 0 heterocycles. The second-order valence-electron chi connectivity index (χ2n) is 4.58. The van der Waals surface area contributed by atoms with Crippen molar-refractivity contribution in [1.82, 2.24) is 0 Å². The summed E-state index contributed by atoms with van der Waals surface area (Å²) in [6.07, 6.45) is -1.00. The maximum absolute atomic E-state index is 11.4. The Morgan fingerprint density at radius 3 is 0.962 bits per heavy atom. The Morgan fingerprint density at radius 2 is 0.731 bits per heavy atom. The van der Waals surface area contributed by atoms with Crippen LogP contribution in [-0.4, -0.2) is 65.8 Å². The van der Waals surface area contributed by atoms with Crippen LogP contribution in [0, 0.1) is 0 Å². The van der Waals surface area contributed by atoms with E-state index in [9.17, 15) is 42.8 Å². The van der Waals surface area contributed by atoms with Gasteiger partial charge in [0.2, 0.25) is 0 Å². The number of sulfonamides is 2. The summed E-state index contributed by atoms with van der Waals surface area (Å²) in [7, 11) is -17.7. The standard InChI is InChI=1S/C8H18NO10S4.3Li/c10-20(11,5-1-3-7-22(14,15)16)9-21(12,13)6-2-4-8-23(17,18)19;;;/h1-8H2,(H,14,15,16)(H,17,18,19);;;/q-1;3*+1/p-2. The summed E-state index contributed by atoms with van der Waals surface area (Å²) in [5.74, 6) is -3.01. The number of hydrogen-bond acceptors (Lipinski definition) is 10. The van der Waals surface area contributed by atoms with Gasteiger partial charge in [0.05, 0.1) is 40.3 Å². The molecule has 0 unspecified atom stereocenters. The van der Waals surface area contributed by atoms with Crippen molar-refractivity contribution in [3.63, 3.8) is 0 Å². The maximum atomic E-state index is 11.4. The zero-order valence-corrected chi connectivity index (χ0v) is 18.1. The molecule has 0 aliphatic heterocycles. The molecular formula is C8H16Li3NO10S4. The van der Waals surface area contributed by atoms with E-state index in [2.05, 4.69) is 4.13 Å². The molecule has 140 valence electrons. The first-order valence-corrected chi connectivity index (χ1v) is 12.6. The first kappa shape index (κ1) is 34.9. The van der Waals surface area contributed by atoms with Crippen molar-refractivity contribution in [2.75, 3.05) is 23.0 Å². The summed E-state index contributed by atoms with van der Waals surface area (Å²) < 4.78 is 110. The Balaban J connectivity index is -0.000000807. The minimum atomic E-state index is -4.47. The van der Waals surface area contributed by atoms with Crippen LogP contribution in [0.3, 0.4) is 0 Å². The molecular weight excluding hydrogens is 419 g/mol. The van der Waals surface area contributed by atoms with Crippen molar-refractivity contribution in [3.05, 3.63) is 4.13 Å². The molecule has 0 aromatic heterocycles. The first-order chi connectivity index (χ1) is 10.1. The molecule has 0 aromatic carbocycles. The van der Waals surface area contributed by atoms with E-state index < -0.39 is 63.3 Å². The molecule has 0 aromatic rings. The van der Waals surface area contributed by atoms with E-state index in [1.54, 1.807) is 0 Å². The third kappa shape index (κ3) is 23.5. The van der Waals surface area contributed by atoms with Gasteiger partial charge in [-0.25, -0.2) is 33.7 Å². The third-order valence-electron chi connectivity index (χ3n) is 2.32. The van der Waals surface area contributed by atoms with Gasteiger partial charge in [-0.1, -0.05) is 0 Å². The van der Waals surface area contributed by atoms with Gasteiger partial charge in [0.25, 0.3) is 0 Å². The molecule has 0 rings (SSSR count). The molecule has 0 N–H and O–H groups in total. The normalized spacial score (nSPS) is 12.4. The molecule has 0 fully saturated rings. The van der Waals surface area contributed by atoms with Crippen molar-refractivity contribution in [1.29, 1.82) is 0 Å². The average molecular weight is 435 g/mol. The molecule has 0 saturated heterocycles. The van der Waals surface area contributed by atoms with Crippen LogP contribution in [0.1, 0.15) is 25.7 Å². The fourth-order valence-corrected chi connectivity index (χ4v) is 5.61. The fourth-order valence-electron chi connectivity index (χ4n) is 1.37. The van der Waals surface area contributed by atoms with Crippen LogP contribution in [0.5, 0.6) is 0 Å². The van der Waals surface area contributed by atoms with Crippen molar-refractivity contribution in [2.24, 2.45) is 0 Å². The molecule has 18 heteroatoms. The Bertz CT molecular complexity index is 723. The van der Waals surface area contributed by atoms with Gasteiger partial charge in [-0.05, 0) is 25.7 Å². The Morgan fingerprint density at radius 1 is 0.500 bits per heavy atom. The second-order valence-corrected chi connectivity index (χ2v) is 11.4. The Hall–Kier alpha value is 1.47. The van der Waals surface area contributed by atoms with Gasteiger partial charge >= 0.3 is 56.6 Å². The maximum Gasteiger partial charge on any atom is 1.00 e. The van der Waals surface area contributed by atoms with Crippen LogP contribution in [0.2, 0.25) is 0 Å². The topological polar surface area (TPSA) is 197 Å². The summed E-state index contributed by atoms with van der Waals surface area (Å²) in [4.78, 5) is 0. The number of rotatable bonds is 12.